The molecule has 4 heteroatoms. The average Bonchev–Trinajstić information content (AvgIpc) is 2.68. The van der Waals surface area contributed by atoms with Crippen molar-refractivity contribution in [2.45, 2.75) is 37.8 Å². The van der Waals surface area contributed by atoms with Crippen LogP contribution >= 0.6 is 0 Å². The molecule has 27 heavy (non-hydrogen) atoms. The maximum Gasteiger partial charge on any atom is 0.243 e. The normalized spacial score (nSPS) is 17.5. The lowest BCUT2D eigenvalue weighted by atomic mass is 9.89. The van der Waals surface area contributed by atoms with Gasteiger partial charge in [-0.15, -0.1) is 0 Å². The van der Waals surface area contributed by atoms with Crippen LogP contribution in [0.3, 0.4) is 0 Å². The van der Waals surface area contributed by atoms with Crippen LogP contribution in [0, 0.1) is 13.8 Å². The molecule has 138 valence electrons. The third-order valence-electron chi connectivity index (χ3n) is 5.39. The molecule has 0 spiro atoms. The van der Waals surface area contributed by atoms with Gasteiger partial charge in [0.05, 0.1) is 10.9 Å². The lowest BCUT2D eigenvalue weighted by Gasteiger charge is -2.37. The maximum absolute atomic E-state index is 13.5. The smallest absolute Gasteiger partial charge is 0.207 e. The summed E-state index contributed by atoms with van der Waals surface area (Å²) in [5, 5.41) is 0. The summed E-state index contributed by atoms with van der Waals surface area (Å²) in [6.07, 6.45) is 0.687. The maximum atomic E-state index is 13.5. The molecule has 1 heterocycles. The predicted molar refractivity (Wildman–Crippen MR) is 108 cm³/mol. The molecule has 3 aromatic rings. The molecule has 3 aromatic carbocycles. The van der Waals surface area contributed by atoms with Crippen LogP contribution in [-0.2, 0) is 23.0 Å². The molecule has 0 aliphatic carbocycles. The van der Waals surface area contributed by atoms with Crippen LogP contribution in [0.4, 0.5) is 0 Å². The average molecular weight is 378 g/mol. The van der Waals surface area contributed by atoms with E-state index in [0.29, 0.717) is 17.9 Å². The molecular formula is C23H23NO2S. The van der Waals surface area contributed by atoms with E-state index >= 15 is 0 Å². The Morgan fingerprint density at radius 3 is 2.26 bits per heavy atom. The molecule has 1 unspecified atom stereocenters. The van der Waals surface area contributed by atoms with E-state index in [1.807, 2.05) is 49.4 Å². The van der Waals surface area contributed by atoms with Crippen molar-refractivity contribution in [1.82, 2.24) is 4.31 Å². The molecule has 0 radical (unpaired) electrons. The Morgan fingerprint density at radius 2 is 1.56 bits per heavy atom. The summed E-state index contributed by atoms with van der Waals surface area (Å²) in [5.41, 5.74) is 5.58. The zero-order valence-electron chi connectivity index (χ0n) is 15.6. The second-order valence-corrected chi connectivity index (χ2v) is 9.10. The standard InChI is InChI=1S/C23H23NO2S/c1-17-11-13-21(14-12-17)27(25,26)24-16-22-18(2)7-6-10-20(22)15-23(24)19-8-4-3-5-9-19/h3-14,23H,15-16H2,1-2H3. The van der Waals surface area contributed by atoms with Crippen LogP contribution in [0.5, 0.6) is 0 Å². The van der Waals surface area contributed by atoms with E-state index in [9.17, 15) is 8.42 Å². The van der Waals surface area contributed by atoms with Crippen molar-refractivity contribution in [3.05, 3.63) is 101 Å². The minimum Gasteiger partial charge on any atom is -0.207 e. The molecule has 1 atom stereocenters. The fraction of sp³-hybridized carbons (Fsp3) is 0.217. The van der Waals surface area contributed by atoms with E-state index in [2.05, 4.69) is 25.1 Å². The van der Waals surface area contributed by atoms with Crippen molar-refractivity contribution in [3.63, 3.8) is 0 Å². The van der Waals surface area contributed by atoms with Gasteiger partial charge in [-0.3, -0.25) is 0 Å². The van der Waals surface area contributed by atoms with Gasteiger partial charge in [-0.2, -0.15) is 4.31 Å². The first-order valence-electron chi connectivity index (χ1n) is 9.17. The van der Waals surface area contributed by atoms with Crippen molar-refractivity contribution in [2.24, 2.45) is 0 Å². The Labute approximate surface area is 161 Å². The quantitative estimate of drug-likeness (QED) is 0.658. The first-order chi connectivity index (χ1) is 13.0. The van der Waals surface area contributed by atoms with Gasteiger partial charge in [0.2, 0.25) is 10.0 Å². The molecule has 0 saturated heterocycles. The van der Waals surface area contributed by atoms with E-state index in [1.54, 1.807) is 16.4 Å². The molecular weight excluding hydrogens is 354 g/mol. The van der Waals surface area contributed by atoms with Crippen LogP contribution < -0.4 is 0 Å². The van der Waals surface area contributed by atoms with Crippen LogP contribution in [0.2, 0.25) is 0 Å². The highest BCUT2D eigenvalue weighted by molar-refractivity contribution is 7.89. The van der Waals surface area contributed by atoms with Crippen molar-refractivity contribution >= 4 is 10.0 Å². The van der Waals surface area contributed by atoms with Gasteiger partial charge in [0.1, 0.15) is 0 Å². The Hall–Kier alpha value is -2.43. The second kappa shape index (κ2) is 6.95. The minimum atomic E-state index is -3.60. The summed E-state index contributed by atoms with van der Waals surface area (Å²) in [6, 6.07) is 23.1. The largest absolute Gasteiger partial charge is 0.243 e. The molecule has 3 nitrogen and oxygen atoms in total. The Kier molecular flexibility index (Phi) is 4.62. The molecule has 4 rings (SSSR count). The third kappa shape index (κ3) is 3.31. The molecule has 1 aliphatic heterocycles. The van der Waals surface area contributed by atoms with Crippen LogP contribution in [-0.4, -0.2) is 12.7 Å². The highest BCUT2D eigenvalue weighted by Gasteiger charge is 2.36. The molecule has 0 amide bonds. The Balaban J connectivity index is 1.84. The van der Waals surface area contributed by atoms with Crippen molar-refractivity contribution in [1.29, 1.82) is 0 Å². The van der Waals surface area contributed by atoms with Crippen LogP contribution in [0.1, 0.15) is 33.9 Å². The lowest BCUT2D eigenvalue weighted by molar-refractivity contribution is 0.295. The number of sulfonamides is 1. The van der Waals surface area contributed by atoms with Gasteiger partial charge >= 0.3 is 0 Å². The predicted octanol–water partition coefficient (Wildman–Crippen LogP) is 4.79. The molecule has 0 saturated carbocycles. The number of hydrogen-bond donors (Lipinski definition) is 0. The van der Waals surface area contributed by atoms with E-state index in [4.69, 9.17) is 0 Å². The van der Waals surface area contributed by atoms with E-state index < -0.39 is 10.0 Å². The third-order valence-corrected chi connectivity index (χ3v) is 7.26. The molecule has 0 N–H and O–H groups in total. The number of nitrogens with zero attached hydrogens (tertiary/aromatic N) is 1. The summed E-state index contributed by atoms with van der Waals surface area (Å²) < 4.78 is 28.7. The first kappa shape index (κ1) is 18.0. The highest BCUT2D eigenvalue weighted by Crippen LogP contribution is 2.38. The number of aryl methyl sites for hydroxylation is 2. The summed E-state index contributed by atoms with van der Waals surface area (Å²) in [4.78, 5) is 0.353. The van der Waals surface area contributed by atoms with Crippen LogP contribution in [0.15, 0.2) is 77.7 Å². The zero-order valence-corrected chi connectivity index (χ0v) is 16.4. The van der Waals surface area contributed by atoms with Gasteiger partial charge in [-0.25, -0.2) is 8.42 Å². The minimum absolute atomic E-state index is 0.202. The van der Waals surface area contributed by atoms with Gasteiger partial charge in [0, 0.05) is 6.54 Å². The van der Waals surface area contributed by atoms with Gasteiger partial charge in [0.15, 0.2) is 0 Å². The molecule has 0 fully saturated rings. The summed E-state index contributed by atoms with van der Waals surface area (Å²) in [6.45, 7) is 4.42. The highest BCUT2D eigenvalue weighted by atomic mass is 32.2. The lowest BCUT2D eigenvalue weighted by Crippen LogP contribution is -2.39. The second-order valence-electron chi connectivity index (χ2n) is 7.21. The Morgan fingerprint density at radius 1 is 0.852 bits per heavy atom. The molecule has 0 aromatic heterocycles. The van der Waals surface area contributed by atoms with E-state index in [0.717, 1.165) is 22.3 Å². The van der Waals surface area contributed by atoms with Crippen molar-refractivity contribution in [3.8, 4) is 0 Å². The Bertz CT molecular complexity index is 1060. The molecule has 1 aliphatic rings. The number of rotatable bonds is 3. The topological polar surface area (TPSA) is 37.4 Å². The number of hydrogen-bond acceptors (Lipinski definition) is 2. The number of benzene rings is 3. The summed E-state index contributed by atoms with van der Waals surface area (Å²) >= 11 is 0. The van der Waals surface area contributed by atoms with Crippen LogP contribution in [0.25, 0.3) is 0 Å². The van der Waals surface area contributed by atoms with Gasteiger partial charge < -0.3 is 0 Å². The number of fused-ring (bicyclic) bond motifs is 1. The van der Waals surface area contributed by atoms with Gasteiger partial charge in [-0.05, 0) is 54.7 Å². The van der Waals surface area contributed by atoms with Gasteiger partial charge in [-0.1, -0.05) is 66.2 Å². The SMILES string of the molecule is Cc1ccc(S(=O)(=O)N2Cc3c(C)cccc3CC2c2ccccc2)cc1. The van der Waals surface area contributed by atoms with E-state index in [-0.39, 0.29) is 6.04 Å². The summed E-state index contributed by atoms with van der Waals surface area (Å²) in [5.74, 6) is 0. The fourth-order valence-corrected chi connectivity index (χ4v) is 5.40. The first-order valence-corrected chi connectivity index (χ1v) is 10.6. The monoisotopic (exact) mass is 377 g/mol. The molecule has 0 bridgehead atoms. The van der Waals surface area contributed by atoms with E-state index in [1.165, 1.54) is 5.56 Å². The van der Waals surface area contributed by atoms with Crippen molar-refractivity contribution < 1.29 is 8.42 Å². The van der Waals surface area contributed by atoms with Crippen molar-refractivity contribution in [2.75, 3.05) is 0 Å². The zero-order chi connectivity index (χ0) is 19.0. The fourth-order valence-electron chi connectivity index (χ4n) is 3.81. The summed E-state index contributed by atoms with van der Waals surface area (Å²) in [7, 11) is -3.60. The van der Waals surface area contributed by atoms with Gasteiger partial charge in [0.25, 0.3) is 0 Å².